The van der Waals surface area contributed by atoms with Crippen LogP contribution in [-0.2, 0) is 0 Å². The molecule has 1 aliphatic rings. The Morgan fingerprint density at radius 3 is 3.10 bits per heavy atom. The van der Waals surface area contributed by atoms with Crippen molar-refractivity contribution in [2.24, 2.45) is 5.10 Å². The highest BCUT2D eigenvalue weighted by Crippen LogP contribution is 2.38. The second kappa shape index (κ2) is 5.94. The minimum atomic E-state index is 0.226. The first kappa shape index (κ1) is 13.6. The van der Waals surface area contributed by atoms with Gasteiger partial charge in [0.15, 0.2) is 5.82 Å². The second-order valence-corrected chi connectivity index (χ2v) is 5.13. The van der Waals surface area contributed by atoms with Gasteiger partial charge in [-0.1, -0.05) is 18.1 Å². The summed E-state index contributed by atoms with van der Waals surface area (Å²) in [4.78, 5) is 0. The number of aromatic nitrogens is 3. The Balaban J connectivity index is 1.88. The van der Waals surface area contributed by atoms with E-state index in [1.165, 1.54) is 0 Å². The van der Waals surface area contributed by atoms with E-state index in [4.69, 9.17) is 23.4 Å². The zero-order chi connectivity index (χ0) is 14.7. The van der Waals surface area contributed by atoms with E-state index >= 15 is 0 Å². The lowest BCUT2D eigenvalue weighted by atomic mass is 10.2. The van der Waals surface area contributed by atoms with Gasteiger partial charge in [0, 0.05) is 11.5 Å². The molecule has 1 aromatic heterocycles. The van der Waals surface area contributed by atoms with Gasteiger partial charge in [-0.15, -0.1) is 6.42 Å². The molecule has 1 aliphatic carbocycles. The molecule has 0 aliphatic heterocycles. The van der Waals surface area contributed by atoms with Crippen LogP contribution in [0.2, 0.25) is 0 Å². The standard InChI is InChI=1S/C15H14N4OS/c1-2-9-20-13-6-4-3-5-12(13)10-16-19-14(11-7-8-11)17-18-15(19)21/h1,3-6,10-11H,7-9H2,(H,18,21)/b16-10-. The van der Waals surface area contributed by atoms with E-state index in [0.717, 1.165) is 24.2 Å². The molecule has 3 rings (SSSR count). The van der Waals surface area contributed by atoms with Crippen LogP contribution >= 0.6 is 12.2 Å². The molecule has 1 saturated carbocycles. The summed E-state index contributed by atoms with van der Waals surface area (Å²) < 4.78 is 7.66. The molecule has 1 heterocycles. The van der Waals surface area contributed by atoms with Crippen LogP contribution in [-0.4, -0.2) is 27.7 Å². The third-order valence-corrected chi connectivity index (χ3v) is 3.42. The van der Waals surface area contributed by atoms with Crippen LogP contribution in [0.25, 0.3) is 0 Å². The molecule has 0 radical (unpaired) electrons. The molecule has 2 aromatic rings. The molecule has 0 bridgehead atoms. The number of hydrogen-bond acceptors (Lipinski definition) is 4. The maximum absolute atomic E-state index is 5.49. The molecule has 106 valence electrons. The summed E-state index contributed by atoms with van der Waals surface area (Å²) in [5, 5.41) is 11.5. The summed E-state index contributed by atoms with van der Waals surface area (Å²) in [6, 6.07) is 7.58. The van der Waals surface area contributed by atoms with Gasteiger partial charge in [0.1, 0.15) is 12.4 Å². The minimum Gasteiger partial charge on any atom is -0.480 e. The van der Waals surface area contributed by atoms with Crippen molar-refractivity contribution in [3.8, 4) is 18.1 Å². The fourth-order valence-corrected chi connectivity index (χ4v) is 2.17. The molecular formula is C15H14N4OS. The molecule has 21 heavy (non-hydrogen) atoms. The Hall–Kier alpha value is -2.39. The first-order valence-corrected chi connectivity index (χ1v) is 7.07. The molecular weight excluding hydrogens is 284 g/mol. The molecule has 5 nitrogen and oxygen atoms in total. The maximum atomic E-state index is 5.49. The lowest BCUT2D eigenvalue weighted by Crippen LogP contribution is -2.00. The van der Waals surface area contributed by atoms with Gasteiger partial charge in [-0.05, 0) is 37.2 Å². The zero-order valence-electron chi connectivity index (χ0n) is 11.3. The smallest absolute Gasteiger partial charge is 0.216 e. The van der Waals surface area contributed by atoms with Gasteiger partial charge in [0.25, 0.3) is 0 Å². The number of nitrogens with one attached hydrogen (secondary N) is 1. The average Bonchev–Trinajstić information content (AvgIpc) is 3.28. The van der Waals surface area contributed by atoms with Gasteiger partial charge < -0.3 is 4.74 Å². The fourth-order valence-electron chi connectivity index (χ4n) is 1.98. The van der Waals surface area contributed by atoms with E-state index in [0.29, 0.717) is 16.4 Å². The van der Waals surface area contributed by atoms with Crippen molar-refractivity contribution in [2.75, 3.05) is 6.61 Å². The molecule has 1 aromatic carbocycles. The number of rotatable bonds is 5. The third kappa shape index (κ3) is 3.03. The average molecular weight is 298 g/mol. The zero-order valence-corrected chi connectivity index (χ0v) is 12.1. The summed E-state index contributed by atoms with van der Waals surface area (Å²) in [7, 11) is 0. The van der Waals surface area contributed by atoms with Gasteiger partial charge >= 0.3 is 0 Å². The van der Waals surface area contributed by atoms with Crippen LogP contribution in [0, 0.1) is 17.1 Å². The van der Waals surface area contributed by atoms with E-state index in [1.54, 1.807) is 10.9 Å². The number of nitrogens with zero attached hydrogens (tertiary/aromatic N) is 3. The number of hydrogen-bond donors (Lipinski definition) is 1. The van der Waals surface area contributed by atoms with Crippen LogP contribution in [0.5, 0.6) is 5.75 Å². The Morgan fingerprint density at radius 2 is 2.33 bits per heavy atom. The molecule has 6 heteroatoms. The SMILES string of the molecule is C#CCOc1ccccc1/C=N\n1c(C2CC2)n[nH]c1=S. The van der Waals surface area contributed by atoms with Crippen molar-refractivity contribution in [1.82, 2.24) is 14.9 Å². The maximum Gasteiger partial charge on any atom is 0.216 e. The summed E-state index contributed by atoms with van der Waals surface area (Å²) in [6.45, 7) is 0.226. The van der Waals surface area contributed by atoms with Gasteiger partial charge in [0.2, 0.25) is 4.77 Å². The van der Waals surface area contributed by atoms with Gasteiger partial charge in [-0.2, -0.15) is 14.9 Å². The molecule has 0 amide bonds. The van der Waals surface area contributed by atoms with E-state index in [2.05, 4.69) is 21.2 Å². The van der Waals surface area contributed by atoms with Gasteiger partial charge in [0.05, 0.1) is 6.21 Å². The predicted octanol–water partition coefficient (Wildman–Crippen LogP) is 2.71. The largest absolute Gasteiger partial charge is 0.480 e. The predicted molar refractivity (Wildman–Crippen MR) is 83.1 cm³/mol. The highest BCUT2D eigenvalue weighted by molar-refractivity contribution is 7.71. The Morgan fingerprint density at radius 1 is 1.52 bits per heavy atom. The number of terminal acetylenes is 1. The molecule has 1 N–H and O–H groups in total. The van der Waals surface area contributed by atoms with Crippen molar-refractivity contribution in [1.29, 1.82) is 0 Å². The van der Waals surface area contributed by atoms with Crippen LogP contribution in [0.4, 0.5) is 0 Å². The van der Waals surface area contributed by atoms with E-state index in [1.807, 2.05) is 24.3 Å². The molecule has 0 unspecified atom stereocenters. The summed E-state index contributed by atoms with van der Waals surface area (Å²) >= 11 is 5.21. The quantitative estimate of drug-likeness (QED) is 0.524. The Bertz CT molecular complexity index is 764. The first-order valence-electron chi connectivity index (χ1n) is 6.66. The van der Waals surface area contributed by atoms with Crippen LogP contribution < -0.4 is 4.74 Å². The highest BCUT2D eigenvalue weighted by Gasteiger charge is 2.29. The molecule has 0 spiro atoms. The Labute approximate surface area is 127 Å². The van der Waals surface area contributed by atoms with Crippen molar-refractivity contribution in [2.45, 2.75) is 18.8 Å². The lowest BCUT2D eigenvalue weighted by molar-refractivity contribution is 0.370. The van der Waals surface area contributed by atoms with Gasteiger partial charge in [-0.25, -0.2) is 0 Å². The summed E-state index contributed by atoms with van der Waals surface area (Å²) in [5.74, 6) is 4.50. The molecule has 1 fully saturated rings. The summed E-state index contributed by atoms with van der Waals surface area (Å²) in [5.41, 5.74) is 0.845. The van der Waals surface area contributed by atoms with E-state index in [9.17, 15) is 0 Å². The number of para-hydroxylation sites is 1. The number of H-pyrrole nitrogens is 1. The van der Waals surface area contributed by atoms with Crippen LogP contribution in [0.1, 0.15) is 30.1 Å². The monoisotopic (exact) mass is 298 g/mol. The number of ether oxygens (including phenoxy) is 1. The lowest BCUT2D eigenvalue weighted by Gasteiger charge is -2.05. The first-order chi connectivity index (χ1) is 10.3. The van der Waals surface area contributed by atoms with Crippen molar-refractivity contribution < 1.29 is 4.74 Å². The second-order valence-electron chi connectivity index (χ2n) is 4.75. The fraction of sp³-hybridized carbons (Fsp3) is 0.267. The van der Waals surface area contributed by atoms with Crippen molar-refractivity contribution >= 4 is 18.4 Å². The highest BCUT2D eigenvalue weighted by atomic mass is 32.1. The number of benzene rings is 1. The summed E-state index contributed by atoms with van der Waals surface area (Å²) in [6.07, 6.45) is 9.20. The topological polar surface area (TPSA) is 55.2 Å². The van der Waals surface area contributed by atoms with E-state index in [-0.39, 0.29) is 6.61 Å². The molecule has 0 atom stereocenters. The van der Waals surface area contributed by atoms with Crippen LogP contribution in [0.15, 0.2) is 29.4 Å². The third-order valence-electron chi connectivity index (χ3n) is 3.16. The van der Waals surface area contributed by atoms with Crippen molar-refractivity contribution in [3.63, 3.8) is 0 Å². The van der Waals surface area contributed by atoms with E-state index < -0.39 is 0 Å². The number of aromatic amines is 1. The van der Waals surface area contributed by atoms with Gasteiger partial charge in [-0.3, -0.25) is 5.10 Å². The molecule has 0 saturated heterocycles. The Kier molecular flexibility index (Phi) is 3.84. The van der Waals surface area contributed by atoms with Crippen LogP contribution in [0.3, 0.4) is 0 Å². The normalized spacial score (nSPS) is 14.2. The van der Waals surface area contributed by atoms with Crippen molar-refractivity contribution in [3.05, 3.63) is 40.4 Å². The minimum absolute atomic E-state index is 0.226.